The molecule has 0 spiro atoms. The number of hydrogen-bond acceptors (Lipinski definition) is 6. The van der Waals surface area contributed by atoms with Crippen LogP contribution in [0.2, 0.25) is 0 Å². The van der Waals surface area contributed by atoms with E-state index in [1.807, 2.05) is 6.07 Å². The van der Waals surface area contributed by atoms with Crippen LogP contribution in [0.3, 0.4) is 0 Å². The molecule has 0 aliphatic heterocycles. The fraction of sp³-hybridized carbons (Fsp3) is 0. The molecule has 3 aromatic heterocycles. The van der Waals surface area contributed by atoms with Crippen molar-refractivity contribution < 1.29 is 18.4 Å². The van der Waals surface area contributed by atoms with Crippen LogP contribution in [0.5, 0.6) is 0 Å². The zero-order valence-electron chi connectivity index (χ0n) is 18.4. The third-order valence-corrected chi connectivity index (χ3v) is 6.01. The van der Waals surface area contributed by atoms with Gasteiger partial charge in [-0.1, -0.05) is 36.4 Å². The van der Waals surface area contributed by atoms with Crippen molar-refractivity contribution in [3.8, 4) is 28.3 Å². The number of hydrogen-bond donors (Lipinski definition) is 1. The Labute approximate surface area is 202 Å². The van der Waals surface area contributed by atoms with Gasteiger partial charge >= 0.3 is 0 Å². The molecule has 0 unspecified atom stereocenters. The van der Waals surface area contributed by atoms with Crippen molar-refractivity contribution in [3.05, 3.63) is 113 Å². The summed E-state index contributed by atoms with van der Waals surface area (Å²) >= 11 is 0. The molecule has 0 fully saturated rings. The van der Waals surface area contributed by atoms with Gasteiger partial charge in [-0.15, -0.1) is 0 Å². The Balaban J connectivity index is 1.64. The summed E-state index contributed by atoms with van der Waals surface area (Å²) in [6.45, 7) is 0. The van der Waals surface area contributed by atoms with Gasteiger partial charge in [0.2, 0.25) is 11.6 Å². The van der Waals surface area contributed by atoms with Crippen molar-refractivity contribution in [3.63, 3.8) is 0 Å². The van der Waals surface area contributed by atoms with E-state index < -0.39 is 23.2 Å². The quantitative estimate of drug-likeness (QED) is 0.397. The van der Waals surface area contributed by atoms with Gasteiger partial charge in [-0.3, -0.25) is 19.6 Å². The van der Waals surface area contributed by atoms with Crippen LogP contribution in [0.15, 0.2) is 79.1 Å². The molecule has 1 aliphatic rings. The van der Waals surface area contributed by atoms with E-state index in [2.05, 4.69) is 15.1 Å². The Morgan fingerprint density at radius 1 is 0.806 bits per heavy atom. The number of carbonyl (C=O) groups is 2. The monoisotopic (exact) mass is 479 g/mol. The number of nitrogens with zero attached hydrogens (tertiary/aromatic N) is 4. The van der Waals surface area contributed by atoms with E-state index in [0.29, 0.717) is 23.0 Å². The number of benzene rings is 2. The van der Waals surface area contributed by atoms with Crippen LogP contribution < -0.4 is 5.73 Å². The first kappa shape index (κ1) is 21.5. The minimum Gasteiger partial charge on any atom is -0.396 e. The number of nitrogen functional groups attached to an aromatic ring is 1. The van der Waals surface area contributed by atoms with Gasteiger partial charge in [0.15, 0.2) is 5.82 Å². The highest BCUT2D eigenvalue weighted by Gasteiger charge is 2.40. The first-order valence-corrected chi connectivity index (χ1v) is 10.9. The molecule has 3 heterocycles. The molecule has 0 bridgehead atoms. The topological polar surface area (TPSA) is 104 Å². The summed E-state index contributed by atoms with van der Waals surface area (Å²) in [5.74, 6) is -2.92. The van der Waals surface area contributed by atoms with Crippen molar-refractivity contribution in [2.24, 2.45) is 0 Å². The Morgan fingerprint density at radius 3 is 2.31 bits per heavy atom. The summed E-state index contributed by atoms with van der Waals surface area (Å²) in [5.41, 5.74) is 7.42. The number of carbonyl (C=O) groups excluding carboxylic acids is 2. The predicted octanol–water partition coefficient (Wildman–Crippen LogP) is 4.63. The summed E-state index contributed by atoms with van der Waals surface area (Å²) in [5, 5.41) is 4.41. The van der Waals surface area contributed by atoms with Crippen LogP contribution in [0.25, 0.3) is 28.3 Å². The second kappa shape index (κ2) is 8.02. The number of aromatic nitrogens is 4. The molecule has 0 atom stereocenters. The minimum absolute atomic E-state index is 0.00216. The molecule has 6 rings (SSSR count). The fourth-order valence-electron chi connectivity index (χ4n) is 4.37. The second-order valence-electron chi connectivity index (χ2n) is 8.13. The maximum atomic E-state index is 14.8. The summed E-state index contributed by atoms with van der Waals surface area (Å²) in [6, 6.07) is 16.9. The molecule has 36 heavy (non-hydrogen) atoms. The Kier molecular flexibility index (Phi) is 4.78. The predicted molar refractivity (Wildman–Crippen MR) is 128 cm³/mol. The number of nitrogens with two attached hydrogens (primary N) is 1. The fourth-order valence-corrected chi connectivity index (χ4v) is 4.37. The third kappa shape index (κ3) is 3.13. The number of ketones is 2. The van der Waals surface area contributed by atoms with Crippen LogP contribution in [-0.2, 0) is 0 Å². The van der Waals surface area contributed by atoms with Crippen LogP contribution in [0.1, 0.15) is 32.0 Å². The average Bonchev–Trinajstić information content (AvgIpc) is 3.29. The van der Waals surface area contributed by atoms with Crippen molar-refractivity contribution >= 4 is 17.3 Å². The van der Waals surface area contributed by atoms with Crippen molar-refractivity contribution in [1.82, 2.24) is 19.7 Å². The van der Waals surface area contributed by atoms with E-state index in [0.717, 1.165) is 16.8 Å². The minimum atomic E-state index is -0.948. The molecule has 0 saturated carbocycles. The maximum Gasteiger partial charge on any atom is 0.214 e. The average molecular weight is 479 g/mol. The molecule has 174 valence electrons. The second-order valence-corrected chi connectivity index (χ2v) is 8.13. The molecule has 5 aromatic rings. The largest absolute Gasteiger partial charge is 0.396 e. The zero-order chi connectivity index (χ0) is 25.0. The Morgan fingerprint density at radius 2 is 1.58 bits per heavy atom. The van der Waals surface area contributed by atoms with E-state index in [1.165, 1.54) is 12.4 Å². The molecular formula is C27H15F2N5O2. The van der Waals surface area contributed by atoms with Gasteiger partial charge in [0, 0.05) is 24.0 Å². The highest BCUT2D eigenvalue weighted by molar-refractivity contribution is 6.31. The standard InChI is InChI=1S/C27H15F2N5O2/c28-15-9-10-19(17(29)12-15)34-25-21(24(33-34)18-8-4-5-11-31-18)27(36)20-16(26(25)35)13-32-23(22(20)30)14-6-2-1-3-7-14/h1-13H,30H2. The summed E-state index contributed by atoms with van der Waals surface area (Å²) in [4.78, 5) is 36.3. The lowest BCUT2D eigenvalue weighted by Crippen LogP contribution is -2.25. The zero-order valence-corrected chi connectivity index (χ0v) is 18.4. The highest BCUT2D eigenvalue weighted by Crippen LogP contribution is 2.39. The van der Waals surface area contributed by atoms with E-state index >= 15 is 0 Å². The SMILES string of the molecule is Nc1c(-c2ccccc2)ncc2c1C(=O)c1c(-c3ccccn3)nn(-c3ccc(F)cc3F)c1C2=O. The molecule has 2 N–H and O–H groups in total. The van der Waals surface area contributed by atoms with E-state index in [-0.39, 0.29) is 39.5 Å². The smallest absolute Gasteiger partial charge is 0.214 e. The molecule has 1 aliphatic carbocycles. The third-order valence-electron chi connectivity index (χ3n) is 6.01. The van der Waals surface area contributed by atoms with Crippen LogP contribution >= 0.6 is 0 Å². The lowest BCUT2D eigenvalue weighted by atomic mass is 9.85. The summed E-state index contributed by atoms with van der Waals surface area (Å²) in [7, 11) is 0. The van der Waals surface area contributed by atoms with Gasteiger partial charge < -0.3 is 5.73 Å². The van der Waals surface area contributed by atoms with Gasteiger partial charge in [-0.2, -0.15) is 5.10 Å². The summed E-state index contributed by atoms with van der Waals surface area (Å²) in [6.07, 6.45) is 2.80. The molecule has 2 aromatic carbocycles. The molecule has 0 saturated heterocycles. The molecule has 0 radical (unpaired) electrons. The first-order valence-electron chi connectivity index (χ1n) is 10.9. The van der Waals surface area contributed by atoms with Crippen molar-refractivity contribution in [2.45, 2.75) is 0 Å². The van der Waals surface area contributed by atoms with E-state index in [4.69, 9.17) is 5.73 Å². The Hall–Kier alpha value is -5.05. The van der Waals surface area contributed by atoms with E-state index in [9.17, 15) is 18.4 Å². The summed E-state index contributed by atoms with van der Waals surface area (Å²) < 4.78 is 29.4. The number of pyridine rings is 2. The van der Waals surface area contributed by atoms with Gasteiger partial charge in [-0.05, 0) is 24.3 Å². The van der Waals surface area contributed by atoms with Gasteiger partial charge in [0.05, 0.1) is 33.8 Å². The normalized spacial score (nSPS) is 12.4. The molecular weight excluding hydrogens is 464 g/mol. The van der Waals surface area contributed by atoms with Gasteiger partial charge in [0.1, 0.15) is 22.9 Å². The number of anilines is 1. The van der Waals surface area contributed by atoms with Gasteiger partial charge in [-0.25, -0.2) is 13.5 Å². The number of halogens is 2. The molecule has 7 nitrogen and oxygen atoms in total. The lowest BCUT2D eigenvalue weighted by Gasteiger charge is -2.19. The lowest BCUT2D eigenvalue weighted by molar-refractivity contribution is 0.0975. The van der Waals surface area contributed by atoms with Crippen LogP contribution in [0, 0.1) is 11.6 Å². The first-order chi connectivity index (χ1) is 17.5. The van der Waals surface area contributed by atoms with Crippen molar-refractivity contribution in [1.29, 1.82) is 0 Å². The number of fused-ring (bicyclic) bond motifs is 2. The van der Waals surface area contributed by atoms with Gasteiger partial charge in [0.25, 0.3) is 0 Å². The molecule has 9 heteroatoms. The molecule has 0 amide bonds. The highest BCUT2D eigenvalue weighted by atomic mass is 19.1. The maximum absolute atomic E-state index is 14.8. The van der Waals surface area contributed by atoms with E-state index in [1.54, 1.807) is 42.5 Å². The van der Waals surface area contributed by atoms with Crippen LogP contribution in [-0.4, -0.2) is 31.3 Å². The number of rotatable bonds is 3. The Bertz CT molecular complexity index is 1700. The van der Waals surface area contributed by atoms with Crippen molar-refractivity contribution in [2.75, 3.05) is 5.73 Å². The van der Waals surface area contributed by atoms with Crippen LogP contribution in [0.4, 0.5) is 14.5 Å².